The van der Waals surface area contributed by atoms with E-state index >= 15 is 0 Å². The SMILES string of the molecule is O=C1NCCN1S(=O)(=O)c1ccc(CCCl)cc1. The number of hydrogen-bond donors (Lipinski definition) is 1. The van der Waals surface area contributed by atoms with Crippen LogP contribution in [0.1, 0.15) is 5.56 Å². The highest BCUT2D eigenvalue weighted by Gasteiger charge is 2.32. The van der Waals surface area contributed by atoms with E-state index in [9.17, 15) is 13.2 Å². The summed E-state index contributed by atoms with van der Waals surface area (Å²) in [5.41, 5.74) is 0.967. The van der Waals surface area contributed by atoms with Gasteiger partial charge in [-0.05, 0) is 24.1 Å². The van der Waals surface area contributed by atoms with Crippen LogP contribution in [0.25, 0.3) is 0 Å². The highest BCUT2D eigenvalue weighted by atomic mass is 35.5. The zero-order chi connectivity index (χ0) is 13.2. The normalized spacial score (nSPS) is 15.8. The van der Waals surface area contributed by atoms with E-state index < -0.39 is 16.1 Å². The number of carbonyl (C=O) groups excluding carboxylic acids is 1. The number of aryl methyl sites for hydroxylation is 1. The van der Waals surface area contributed by atoms with Gasteiger partial charge in [0.1, 0.15) is 0 Å². The molecule has 0 aliphatic carbocycles. The number of halogens is 1. The number of alkyl halides is 1. The Bertz CT molecular complexity index is 542. The lowest BCUT2D eigenvalue weighted by molar-refractivity contribution is 0.236. The highest BCUT2D eigenvalue weighted by Crippen LogP contribution is 2.18. The van der Waals surface area contributed by atoms with Crippen LogP contribution in [0, 0.1) is 0 Å². The van der Waals surface area contributed by atoms with Gasteiger partial charge in [0.15, 0.2) is 0 Å². The molecule has 0 spiro atoms. The van der Waals surface area contributed by atoms with E-state index in [1.165, 1.54) is 12.1 Å². The first-order valence-corrected chi connectivity index (χ1v) is 7.48. The Morgan fingerprint density at radius 2 is 1.94 bits per heavy atom. The number of hydrogen-bond acceptors (Lipinski definition) is 3. The van der Waals surface area contributed by atoms with Crippen LogP contribution in [-0.4, -0.2) is 37.7 Å². The molecule has 1 aromatic carbocycles. The standard InChI is InChI=1S/C11H13ClN2O3S/c12-6-5-9-1-3-10(4-2-9)18(16,17)14-8-7-13-11(14)15/h1-4H,5-8H2,(H,13,15). The molecule has 0 bridgehead atoms. The predicted octanol–water partition coefficient (Wildman–Crippen LogP) is 1.18. The maximum atomic E-state index is 12.2. The van der Waals surface area contributed by atoms with E-state index in [4.69, 9.17) is 11.6 Å². The fourth-order valence-electron chi connectivity index (χ4n) is 1.75. The Morgan fingerprint density at radius 3 is 2.44 bits per heavy atom. The van der Waals surface area contributed by atoms with Crippen molar-refractivity contribution in [3.63, 3.8) is 0 Å². The van der Waals surface area contributed by atoms with Crippen molar-refractivity contribution in [3.05, 3.63) is 29.8 Å². The number of benzene rings is 1. The Kier molecular flexibility index (Phi) is 3.77. The molecule has 0 radical (unpaired) electrons. The largest absolute Gasteiger partial charge is 0.335 e. The second-order valence-electron chi connectivity index (χ2n) is 3.89. The zero-order valence-corrected chi connectivity index (χ0v) is 11.2. The molecular formula is C11H13ClN2O3S. The van der Waals surface area contributed by atoms with Gasteiger partial charge >= 0.3 is 6.03 Å². The quantitative estimate of drug-likeness (QED) is 0.846. The van der Waals surface area contributed by atoms with Crippen LogP contribution in [0.15, 0.2) is 29.2 Å². The summed E-state index contributed by atoms with van der Waals surface area (Å²) in [6.07, 6.45) is 0.687. The molecule has 1 fully saturated rings. The van der Waals surface area contributed by atoms with Crippen molar-refractivity contribution in [1.82, 2.24) is 9.62 Å². The fourth-order valence-corrected chi connectivity index (χ4v) is 3.32. The van der Waals surface area contributed by atoms with Crippen LogP contribution < -0.4 is 5.32 Å². The van der Waals surface area contributed by atoms with Crippen LogP contribution in [-0.2, 0) is 16.4 Å². The van der Waals surface area contributed by atoms with Crippen molar-refractivity contribution in [2.45, 2.75) is 11.3 Å². The molecule has 5 nitrogen and oxygen atoms in total. The fraction of sp³-hybridized carbons (Fsp3) is 0.364. The maximum Gasteiger partial charge on any atom is 0.331 e. The summed E-state index contributed by atoms with van der Waals surface area (Å²) < 4.78 is 25.2. The van der Waals surface area contributed by atoms with Crippen LogP contribution >= 0.6 is 11.6 Å². The number of rotatable bonds is 4. The van der Waals surface area contributed by atoms with Crippen LogP contribution in [0.4, 0.5) is 4.79 Å². The van der Waals surface area contributed by atoms with Crippen molar-refractivity contribution >= 4 is 27.7 Å². The smallest absolute Gasteiger partial charge is 0.331 e. The van der Waals surface area contributed by atoms with Crippen molar-refractivity contribution in [2.24, 2.45) is 0 Å². The Labute approximate surface area is 111 Å². The third-order valence-corrected chi connectivity index (χ3v) is 4.70. The third-order valence-electron chi connectivity index (χ3n) is 2.71. The molecule has 0 atom stereocenters. The summed E-state index contributed by atoms with van der Waals surface area (Å²) in [5, 5.41) is 2.47. The van der Waals surface area contributed by atoms with E-state index in [0.29, 0.717) is 18.8 Å². The monoisotopic (exact) mass is 288 g/mol. The molecule has 98 valence electrons. The van der Waals surface area contributed by atoms with Gasteiger partial charge in [0.05, 0.1) is 11.4 Å². The molecule has 0 aromatic heterocycles. The predicted molar refractivity (Wildman–Crippen MR) is 68.2 cm³/mol. The topological polar surface area (TPSA) is 66.5 Å². The number of urea groups is 1. The van der Waals surface area contributed by atoms with Gasteiger partial charge in [-0.15, -0.1) is 11.6 Å². The average molecular weight is 289 g/mol. The minimum atomic E-state index is -3.73. The summed E-state index contributed by atoms with van der Waals surface area (Å²) >= 11 is 5.61. The number of sulfonamides is 1. The maximum absolute atomic E-state index is 12.2. The number of carbonyl (C=O) groups is 1. The van der Waals surface area contributed by atoms with E-state index in [2.05, 4.69) is 5.32 Å². The second kappa shape index (κ2) is 5.16. The van der Waals surface area contributed by atoms with Crippen molar-refractivity contribution in [2.75, 3.05) is 19.0 Å². The zero-order valence-electron chi connectivity index (χ0n) is 9.60. The Morgan fingerprint density at radius 1 is 1.28 bits per heavy atom. The van der Waals surface area contributed by atoms with Crippen LogP contribution in [0.2, 0.25) is 0 Å². The van der Waals surface area contributed by atoms with Gasteiger partial charge in [0.2, 0.25) is 0 Å². The summed E-state index contributed by atoms with van der Waals surface area (Å²) in [7, 11) is -3.73. The van der Waals surface area contributed by atoms with Gasteiger partial charge in [-0.1, -0.05) is 12.1 Å². The third kappa shape index (κ3) is 2.44. The average Bonchev–Trinajstić information content (AvgIpc) is 2.77. The lowest BCUT2D eigenvalue weighted by atomic mass is 10.2. The molecule has 1 aliphatic rings. The number of amides is 2. The van der Waals surface area contributed by atoms with Gasteiger partial charge in [0.25, 0.3) is 10.0 Å². The molecule has 0 unspecified atom stereocenters. The lowest BCUT2D eigenvalue weighted by Crippen LogP contribution is -2.34. The first-order valence-electron chi connectivity index (χ1n) is 5.51. The molecule has 18 heavy (non-hydrogen) atoms. The first-order chi connectivity index (χ1) is 8.55. The van der Waals surface area contributed by atoms with Gasteiger partial charge < -0.3 is 5.32 Å². The molecule has 2 amide bonds. The van der Waals surface area contributed by atoms with Gasteiger partial charge in [-0.2, -0.15) is 0 Å². The second-order valence-corrected chi connectivity index (χ2v) is 6.13. The molecule has 2 rings (SSSR count). The van der Waals surface area contributed by atoms with E-state index in [0.717, 1.165) is 9.87 Å². The summed E-state index contributed by atoms with van der Waals surface area (Å²) in [5.74, 6) is 0.487. The Balaban J connectivity index is 2.27. The molecule has 0 saturated carbocycles. The van der Waals surface area contributed by atoms with Crippen LogP contribution in [0.5, 0.6) is 0 Å². The molecule has 7 heteroatoms. The van der Waals surface area contributed by atoms with Crippen LogP contribution in [0.3, 0.4) is 0 Å². The Hall–Kier alpha value is -1.27. The van der Waals surface area contributed by atoms with E-state index in [-0.39, 0.29) is 11.4 Å². The van der Waals surface area contributed by atoms with Gasteiger partial charge in [-0.25, -0.2) is 17.5 Å². The van der Waals surface area contributed by atoms with Gasteiger partial charge in [-0.3, -0.25) is 0 Å². The van der Waals surface area contributed by atoms with Crippen molar-refractivity contribution in [3.8, 4) is 0 Å². The molecule has 1 saturated heterocycles. The number of nitrogens with one attached hydrogen (secondary N) is 1. The van der Waals surface area contributed by atoms with Crippen molar-refractivity contribution < 1.29 is 13.2 Å². The summed E-state index contributed by atoms with van der Waals surface area (Å²) in [6, 6.07) is 5.86. The minimum absolute atomic E-state index is 0.123. The molecule has 1 N–H and O–H groups in total. The molecule has 1 aromatic rings. The van der Waals surface area contributed by atoms with Gasteiger partial charge in [0, 0.05) is 12.4 Å². The highest BCUT2D eigenvalue weighted by molar-refractivity contribution is 7.89. The van der Waals surface area contributed by atoms with E-state index in [1.807, 2.05) is 0 Å². The molecule has 1 heterocycles. The minimum Gasteiger partial charge on any atom is -0.335 e. The van der Waals surface area contributed by atoms with E-state index in [1.54, 1.807) is 12.1 Å². The van der Waals surface area contributed by atoms with Crippen molar-refractivity contribution in [1.29, 1.82) is 0 Å². The summed E-state index contributed by atoms with van der Waals surface area (Å²) in [6.45, 7) is 0.521. The lowest BCUT2D eigenvalue weighted by Gasteiger charge is -2.14. The molecule has 1 aliphatic heterocycles. The number of nitrogens with zero attached hydrogens (tertiary/aromatic N) is 1. The molecular weight excluding hydrogens is 276 g/mol. The summed E-state index contributed by atoms with van der Waals surface area (Å²) in [4.78, 5) is 11.5. The first kappa shape index (κ1) is 13.2.